The fourth-order valence-electron chi connectivity index (χ4n) is 2.26. The van der Waals surface area contributed by atoms with Crippen LogP contribution in [0.15, 0.2) is 0 Å². The summed E-state index contributed by atoms with van der Waals surface area (Å²) in [5, 5.41) is 8.86. The van der Waals surface area contributed by atoms with Crippen molar-refractivity contribution in [1.82, 2.24) is 9.80 Å². The van der Waals surface area contributed by atoms with Gasteiger partial charge < -0.3 is 9.84 Å². The van der Waals surface area contributed by atoms with E-state index in [0.29, 0.717) is 13.0 Å². The van der Waals surface area contributed by atoms with Gasteiger partial charge in [0.05, 0.1) is 6.61 Å². The van der Waals surface area contributed by atoms with Gasteiger partial charge in [-0.3, -0.25) is 14.6 Å². The molecule has 1 aliphatic rings. The Bertz CT molecular complexity index is 241. The Morgan fingerprint density at radius 3 is 2.32 bits per heavy atom. The van der Waals surface area contributed by atoms with Gasteiger partial charge in [0.25, 0.3) is 0 Å². The summed E-state index contributed by atoms with van der Waals surface area (Å²) in [6.45, 7) is 8.42. The van der Waals surface area contributed by atoms with Crippen molar-refractivity contribution < 1.29 is 14.6 Å². The monoisotopic (exact) mass is 272 g/mol. The number of nitrogens with zero attached hydrogens (tertiary/aromatic N) is 2. The van der Waals surface area contributed by atoms with E-state index >= 15 is 0 Å². The normalized spacial score (nSPS) is 17.6. The third kappa shape index (κ3) is 7.50. The van der Waals surface area contributed by atoms with Crippen LogP contribution in [0.4, 0.5) is 0 Å². The first-order valence-corrected chi connectivity index (χ1v) is 7.47. The molecule has 0 unspecified atom stereocenters. The number of rotatable bonds is 9. The molecule has 1 heterocycles. The van der Waals surface area contributed by atoms with E-state index in [4.69, 9.17) is 9.84 Å². The zero-order chi connectivity index (χ0) is 13.9. The first kappa shape index (κ1) is 16.4. The number of carbonyl (C=O) groups excluding carboxylic acids is 1. The lowest BCUT2D eigenvalue weighted by atomic mass is 10.2. The van der Waals surface area contributed by atoms with E-state index in [1.807, 2.05) is 0 Å². The number of esters is 1. The number of aliphatic hydroxyl groups is 1. The summed E-state index contributed by atoms with van der Waals surface area (Å²) in [6.07, 6.45) is 3.72. The number of piperazine rings is 1. The van der Waals surface area contributed by atoms with E-state index < -0.39 is 0 Å². The molecular formula is C14H28N2O3. The van der Waals surface area contributed by atoms with Crippen molar-refractivity contribution in [3.05, 3.63) is 0 Å². The van der Waals surface area contributed by atoms with Gasteiger partial charge in [-0.25, -0.2) is 0 Å². The summed E-state index contributed by atoms with van der Waals surface area (Å²) < 4.78 is 5.23. The van der Waals surface area contributed by atoms with Crippen molar-refractivity contribution in [1.29, 1.82) is 0 Å². The van der Waals surface area contributed by atoms with Crippen LogP contribution in [0.1, 0.15) is 32.6 Å². The van der Waals surface area contributed by atoms with E-state index in [1.165, 1.54) is 0 Å². The highest BCUT2D eigenvalue weighted by Crippen LogP contribution is 2.02. The quantitative estimate of drug-likeness (QED) is 0.495. The summed E-state index contributed by atoms with van der Waals surface area (Å²) in [5.74, 6) is -0.0626. The lowest BCUT2D eigenvalue weighted by Gasteiger charge is -2.34. The molecule has 0 saturated carbocycles. The molecule has 0 aliphatic carbocycles. The predicted octanol–water partition coefficient (Wildman–Crippen LogP) is 0.720. The summed E-state index contributed by atoms with van der Waals surface area (Å²) in [5.41, 5.74) is 0. The van der Waals surface area contributed by atoms with Crippen LogP contribution in [0, 0.1) is 0 Å². The summed E-state index contributed by atoms with van der Waals surface area (Å²) in [4.78, 5) is 16.0. The molecule has 5 nitrogen and oxygen atoms in total. The maximum Gasteiger partial charge on any atom is 0.305 e. The van der Waals surface area contributed by atoms with Gasteiger partial charge >= 0.3 is 5.97 Å². The molecule has 1 fully saturated rings. The highest BCUT2D eigenvalue weighted by Gasteiger charge is 2.16. The molecule has 0 radical (unpaired) electrons. The van der Waals surface area contributed by atoms with E-state index in [-0.39, 0.29) is 12.6 Å². The maximum atomic E-state index is 11.4. The van der Waals surface area contributed by atoms with E-state index in [2.05, 4.69) is 16.7 Å². The second-order valence-electron chi connectivity index (χ2n) is 5.08. The Morgan fingerprint density at radius 2 is 1.74 bits per heavy atom. The minimum Gasteiger partial charge on any atom is -0.464 e. The van der Waals surface area contributed by atoms with Crippen LogP contribution in [-0.2, 0) is 9.53 Å². The van der Waals surface area contributed by atoms with Crippen LogP contribution in [0.3, 0.4) is 0 Å². The largest absolute Gasteiger partial charge is 0.464 e. The van der Waals surface area contributed by atoms with Crippen molar-refractivity contribution in [3.63, 3.8) is 0 Å². The van der Waals surface area contributed by atoms with E-state index in [9.17, 15) is 4.79 Å². The van der Waals surface area contributed by atoms with Gasteiger partial charge in [0.2, 0.25) is 0 Å². The van der Waals surface area contributed by atoms with Crippen LogP contribution < -0.4 is 0 Å². The molecule has 0 amide bonds. The number of hydrogen-bond donors (Lipinski definition) is 1. The van der Waals surface area contributed by atoms with Gasteiger partial charge in [0.1, 0.15) is 6.61 Å². The van der Waals surface area contributed by atoms with Crippen LogP contribution >= 0.6 is 0 Å². The summed E-state index contributed by atoms with van der Waals surface area (Å²) in [6, 6.07) is 0. The highest BCUT2D eigenvalue weighted by atomic mass is 16.5. The first-order chi connectivity index (χ1) is 9.26. The predicted molar refractivity (Wildman–Crippen MR) is 75.1 cm³/mol. The van der Waals surface area contributed by atoms with Crippen molar-refractivity contribution in [2.75, 3.05) is 52.5 Å². The number of carbonyl (C=O) groups is 1. The van der Waals surface area contributed by atoms with Crippen LogP contribution in [0.2, 0.25) is 0 Å². The summed E-state index contributed by atoms with van der Waals surface area (Å²) in [7, 11) is 0. The fourth-order valence-corrected chi connectivity index (χ4v) is 2.26. The second-order valence-corrected chi connectivity index (χ2v) is 5.08. The Labute approximate surface area is 116 Å². The lowest BCUT2D eigenvalue weighted by Crippen LogP contribution is -2.48. The molecule has 5 heteroatoms. The second kappa shape index (κ2) is 10.2. The molecule has 0 bridgehead atoms. The first-order valence-electron chi connectivity index (χ1n) is 7.47. The fraction of sp³-hybridized carbons (Fsp3) is 0.929. The number of aliphatic hydroxyl groups excluding tert-OH is 1. The number of ether oxygens (including phenoxy) is 1. The number of hydrogen-bond acceptors (Lipinski definition) is 5. The zero-order valence-corrected chi connectivity index (χ0v) is 12.1. The van der Waals surface area contributed by atoms with E-state index in [1.54, 1.807) is 0 Å². The van der Waals surface area contributed by atoms with Gasteiger partial charge in [0.15, 0.2) is 0 Å². The van der Waals surface area contributed by atoms with Crippen LogP contribution in [0.5, 0.6) is 0 Å². The Kier molecular flexibility index (Phi) is 8.79. The molecule has 19 heavy (non-hydrogen) atoms. The third-order valence-electron chi connectivity index (χ3n) is 3.54. The topological polar surface area (TPSA) is 53.0 Å². The molecule has 1 saturated heterocycles. The van der Waals surface area contributed by atoms with Gasteiger partial charge in [-0.2, -0.15) is 0 Å². The van der Waals surface area contributed by atoms with Gasteiger partial charge in [0, 0.05) is 45.7 Å². The van der Waals surface area contributed by atoms with Crippen LogP contribution in [0.25, 0.3) is 0 Å². The number of β-amino-alcohol motifs (C(OH)–C–C–N with tert-alkyl or cyclic N) is 1. The molecule has 0 aromatic rings. The van der Waals surface area contributed by atoms with Crippen molar-refractivity contribution in [2.24, 2.45) is 0 Å². The zero-order valence-electron chi connectivity index (χ0n) is 12.1. The van der Waals surface area contributed by atoms with Gasteiger partial charge in [-0.15, -0.1) is 0 Å². The average Bonchev–Trinajstić information content (AvgIpc) is 2.41. The van der Waals surface area contributed by atoms with Crippen molar-refractivity contribution in [2.45, 2.75) is 32.6 Å². The van der Waals surface area contributed by atoms with E-state index in [0.717, 1.165) is 58.5 Å². The molecule has 1 rings (SSSR count). The third-order valence-corrected chi connectivity index (χ3v) is 3.54. The average molecular weight is 272 g/mol. The van der Waals surface area contributed by atoms with Crippen molar-refractivity contribution >= 4 is 5.97 Å². The molecule has 0 aromatic carbocycles. The Morgan fingerprint density at radius 1 is 1.11 bits per heavy atom. The lowest BCUT2D eigenvalue weighted by molar-refractivity contribution is -0.144. The summed E-state index contributed by atoms with van der Waals surface area (Å²) >= 11 is 0. The molecule has 112 valence electrons. The Balaban J connectivity index is 2.00. The molecule has 1 N–H and O–H groups in total. The molecule has 0 aromatic heterocycles. The molecule has 1 aliphatic heterocycles. The number of unbranched alkanes of at least 4 members (excludes halogenated alkanes) is 2. The SMILES string of the molecule is CCCCCC(=O)OCCN1CCN(CCO)CC1. The minimum atomic E-state index is -0.0626. The van der Waals surface area contributed by atoms with Gasteiger partial charge in [-0.1, -0.05) is 19.8 Å². The molecule has 0 atom stereocenters. The molecule has 0 spiro atoms. The molecular weight excluding hydrogens is 244 g/mol. The van der Waals surface area contributed by atoms with Crippen molar-refractivity contribution in [3.8, 4) is 0 Å². The minimum absolute atomic E-state index is 0.0626. The smallest absolute Gasteiger partial charge is 0.305 e. The highest BCUT2D eigenvalue weighted by molar-refractivity contribution is 5.69. The Hall–Kier alpha value is -0.650. The van der Waals surface area contributed by atoms with Gasteiger partial charge in [-0.05, 0) is 6.42 Å². The van der Waals surface area contributed by atoms with Crippen LogP contribution in [-0.4, -0.2) is 73.4 Å². The maximum absolute atomic E-state index is 11.4. The standard InChI is InChI=1S/C14H28N2O3/c1-2-3-4-5-14(18)19-13-11-16-8-6-15(7-9-16)10-12-17/h17H,2-13H2,1H3.